The highest BCUT2D eigenvalue weighted by molar-refractivity contribution is 14.1. The number of hydrogen-bond acceptors (Lipinski definition) is 0. The summed E-state index contributed by atoms with van der Waals surface area (Å²) in [5.74, 6) is 0. The van der Waals surface area contributed by atoms with Crippen LogP contribution >= 0.6 is 45.2 Å². The van der Waals surface area contributed by atoms with Crippen molar-refractivity contribution in [3.05, 3.63) is 19.3 Å². The summed E-state index contributed by atoms with van der Waals surface area (Å²) in [5, 5.41) is 0. The summed E-state index contributed by atoms with van der Waals surface area (Å²) in [5.41, 5.74) is 1.52. The highest BCUT2D eigenvalue weighted by atomic mass is 127. The quantitative estimate of drug-likeness (QED) is 0.165. The summed E-state index contributed by atoms with van der Waals surface area (Å²) in [6.07, 6.45) is 15.8. The van der Waals surface area contributed by atoms with Gasteiger partial charge in [-0.3, -0.25) is 0 Å². The van der Waals surface area contributed by atoms with Crippen LogP contribution in [0, 0.1) is 0 Å². The third kappa shape index (κ3) is 12.0. The molecule has 0 N–H and O–H groups in total. The second-order valence-electron chi connectivity index (χ2n) is 4.90. The van der Waals surface area contributed by atoms with Gasteiger partial charge in [-0.2, -0.15) is 0 Å². The van der Waals surface area contributed by atoms with Gasteiger partial charge < -0.3 is 0 Å². The van der Waals surface area contributed by atoms with Crippen molar-refractivity contribution >= 4 is 45.2 Å². The molecule has 0 spiro atoms. The standard InChI is InChI=1S/C16H28I2/c1-3-5-7-9-11-15(14-17)13-16(18)12-10-8-6-4-2/h13-14H,3-12H2,1-2H3/b15-14+,16-13-. The minimum atomic E-state index is 1.25. The third-order valence-corrected chi connectivity index (χ3v) is 4.72. The zero-order valence-electron chi connectivity index (χ0n) is 12.0. The molecule has 0 unspecified atom stereocenters. The third-order valence-electron chi connectivity index (χ3n) is 3.07. The van der Waals surface area contributed by atoms with Crippen LogP contribution in [0.1, 0.15) is 78.1 Å². The monoisotopic (exact) mass is 474 g/mol. The molecule has 0 saturated carbocycles. The molecule has 0 aromatic rings. The maximum absolute atomic E-state index is 2.52. The van der Waals surface area contributed by atoms with E-state index in [1.165, 1.54) is 73.4 Å². The summed E-state index contributed by atoms with van der Waals surface area (Å²) < 4.78 is 3.79. The molecule has 0 atom stereocenters. The summed E-state index contributed by atoms with van der Waals surface area (Å²) in [6.45, 7) is 4.54. The molecule has 0 bridgehead atoms. The van der Waals surface area contributed by atoms with E-state index in [2.05, 4.69) is 69.2 Å². The summed E-state index contributed by atoms with van der Waals surface area (Å²) in [4.78, 5) is 0. The number of allylic oxidation sites excluding steroid dienone is 3. The van der Waals surface area contributed by atoms with Crippen molar-refractivity contribution in [2.45, 2.75) is 78.1 Å². The predicted octanol–water partition coefficient (Wildman–Crippen LogP) is 7.57. The van der Waals surface area contributed by atoms with Crippen LogP contribution in [-0.2, 0) is 0 Å². The first-order valence-corrected chi connectivity index (χ1v) is 9.72. The second-order valence-corrected chi connectivity index (χ2v) is 6.90. The van der Waals surface area contributed by atoms with Crippen LogP contribution in [0.25, 0.3) is 0 Å². The molecule has 0 nitrogen and oxygen atoms in total. The molecule has 0 aromatic carbocycles. The van der Waals surface area contributed by atoms with Crippen molar-refractivity contribution in [2.24, 2.45) is 0 Å². The van der Waals surface area contributed by atoms with Crippen molar-refractivity contribution < 1.29 is 0 Å². The van der Waals surface area contributed by atoms with E-state index in [0.29, 0.717) is 0 Å². The van der Waals surface area contributed by atoms with Crippen LogP contribution in [0.2, 0.25) is 0 Å². The van der Waals surface area contributed by atoms with Crippen LogP contribution in [0.4, 0.5) is 0 Å². The minimum absolute atomic E-state index is 1.25. The van der Waals surface area contributed by atoms with Crippen molar-refractivity contribution in [3.8, 4) is 0 Å². The Kier molecular flexibility index (Phi) is 15.1. The van der Waals surface area contributed by atoms with E-state index in [9.17, 15) is 0 Å². The van der Waals surface area contributed by atoms with Crippen molar-refractivity contribution in [1.29, 1.82) is 0 Å². The predicted molar refractivity (Wildman–Crippen MR) is 102 cm³/mol. The maximum atomic E-state index is 2.52. The van der Waals surface area contributed by atoms with E-state index < -0.39 is 0 Å². The first kappa shape index (κ1) is 18.9. The Bertz CT molecular complexity index is 241. The van der Waals surface area contributed by atoms with E-state index in [0.717, 1.165) is 0 Å². The Morgan fingerprint density at radius 1 is 0.833 bits per heavy atom. The van der Waals surface area contributed by atoms with Gasteiger partial charge in [0, 0.05) is 0 Å². The molecule has 0 aliphatic carbocycles. The van der Waals surface area contributed by atoms with E-state index >= 15 is 0 Å². The fourth-order valence-corrected chi connectivity index (χ4v) is 3.18. The zero-order chi connectivity index (χ0) is 13.6. The lowest BCUT2D eigenvalue weighted by molar-refractivity contribution is 0.666. The van der Waals surface area contributed by atoms with Crippen LogP contribution in [0.5, 0.6) is 0 Å². The van der Waals surface area contributed by atoms with Crippen LogP contribution in [-0.4, -0.2) is 0 Å². The highest BCUT2D eigenvalue weighted by Crippen LogP contribution is 2.22. The van der Waals surface area contributed by atoms with Gasteiger partial charge in [0.2, 0.25) is 0 Å². The minimum Gasteiger partial charge on any atom is -0.0654 e. The lowest BCUT2D eigenvalue weighted by Gasteiger charge is -2.04. The van der Waals surface area contributed by atoms with Gasteiger partial charge in [-0.15, -0.1) is 0 Å². The molecular weight excluding hydrogens is 446 g/mol. The lowest BCUT2D eigenvalue weighted by atomic mass is 10.1. The molecule has 0 amide bonds. The van der Waals surface area contributed by atoms with Gasteiger partial charge in [0.05, 0.1) is 0 Å². The second kappa shape index (κ2) is 14.4. The Morgan fingerprint density at radius 2 is 1.39 bits per heavy atom. The Morgan fingerprint density at radius 3 is 1.89 bits per heavy atom. The average Bonchev–Trinajstić information content (AvgIpc) is 2.38. The van der Waals surface area contributed by atoms with E-state index in [4.69, 9.17) is 0 Å². The normalized spacial score (nSPS) is 13.1. The van der Waals surface area contributed by atoms with Crippen molar-refractivity contribution in [1.82, 2.24) is 0 Å². The van der Waals surface area contributed by atoms with Crippen LogP contribution in [0.15, 0.2) is 19.3 Å². The maximum Gasteiger partial charge on any atom is -0.00912 e. The van der Waals surface area contributed by atoms with Gasteiger partial charge in [-0.05, 0) is 67.6 Å². The van der Waals surface area contributed by atoms with Gasteiger partial charge >= 0.3 is 0 Å². The van der Waals surface area contributed by atoms with Crippen molar-refractivity contribution in [3.63, 3.8) is 0 Å². The molecule has 0 saturated heterocycles. The number of rotatable bonds is 11. The molecule has 0 radical (unpaired) electrons. The molecule has 0 rings (SSSR count). The molecular formula is C16H28I2. The highest BCUT2D eigenvalue weighted by Gasteiger charge is 1.98. The molecule has 0 aliphatic rings. The number of halogens is 2. The average molecular weight is 474 g/mol. The number of unbranched alkanes of at least 4 members (excludes halogenated alkanes) is 6. The summed E-state index contributed by atoms with van der Waals surface area (Å²) in [7, 11) is 0. The molecule has 0 aliphatic heterocycles. The molecule has 0 fully saturated rings. The first-order chi connectivity index (χ1) is 8.74. The Balaban J connectivity index is 3.85. The molecule has 18 heavy (non-hydrogen) atoms. The van der Waals surface area contributed by atoms with Crippen LogP contribution < -0.4 is 0 Å². The summed E-state index contributed by atoms with van der Waals surface area (Å²) in [6, 6.07) is 0. The van der Waals surface area contributed by atoms with Crippen LogP contribution in [0.3, 0.4) is 0 Å². The lowest BCUT2D eigenvalue weighted by Crippen LogP contribution is -1.83. The fraction of sp³-hybridized carbons (Fsp3) is 0.750. The first-order valence-electron chi connectivity index (χ1n) is 7.39. The van der Waals surface area contributed by atoms with Gasteiger partial charge in [-0.1, -0.05) is 75.0 Å². The van der Waals surface area contributed by atoms with E-state index in [-0.39, 0.29) is 0 Å². The molecule has 0 heterocycles. The van der Waals surface area contributed by atoms with Gasteiger partial charge in [0.15, 0.2) is 0 Å². The Hall–Kier alpha value is 0.940. The molecule has 2 heteroatoms. The topological polar surface area (TPSA) is 0 Å². The molecule has 0 aromatic heterocycles. The largest absolute Gasteiger partial charge is 0.0654 e. The van der Waals surface area contributed by atoms with Gasteiger partial charge in [-0.25, -0.2) is 0 Å². The van der Waals surface area contributed by atoms with Gasteiger partial charge in [0.25, 0.3) is 0 Å². The van der Waals surface area contributed by atoms with E-state index in [1.54, 1.807) is 0 Å². The smallest absolute Gasteiger partial charge is 0.00912 e. The number of hydrogen-bond donors (Lipinski definition) is 0. The summed E-state index contributed by atoms with van der Waals surface area (Å²) >= 11 is 4.90. The van der Waals surface area contributed by atoms with Gasteiger partial charge in [0.1, 0.15) is 0 Å². The Labute approximate surface area is 141 Å². The SMILES string of the molecule is CCCCCC/C(I)=C/C(=C/I)CCCCCC. The zero-order valence-corrected chi connectivity index (χ0v) is 16.3. The van der Waals surface area contributed by atoms with Crippen molar-refractivity contribution in [2.75, 3.05) is 0 Å². The fourth-order valence-electron chi connectivity index (χ4n) is 1.91. The molecule has 106 valence electrons. The van der Waals surface area contributed by atoms with E-state index in [1.807, 2.05) is 0 Å².